The zero-order valence-corrected chi connectivity index (χ0v) is 20.2. The van der Waals surface area contributed by atoms with E-state index in [2.05, 4.69) is 0 Å². The summed E-state index contributed by atoms with van der Waals surface area (Å²) in [5.74, 6) is -0.932. The number of hydrogen-bond donors (Lipinski definition) is 3. The molecule has 0 bridgehead atoms. The maximum Gasteiger partial charge on any atom is 0.238 e. The van der Waals surface area contributed by atoms with E-state index in [1.165, 1.54) is 0 Å². The third-order valence-electron chi connectivity index (χ3n) is 8.76. The zero-order valence-electron chi connectivity index (χ0n) is 20.2. The van der Waals surface area contributed by atoms with E-state index in [4.69, 9.17) is 5.73 Å². The number of amides is 2. The van der Waals surface area contributed by atoms with E-state index >= 15 is 0 Å². The Balaban J connectivity index is 1.61. The lowest BCUT2D eigenvalue weighted by Crippen LogP contribution is -2.69. The van der Waals surface area contributed by atoms with E-state index in [1.54, 1.807) is 4.90 Å². The minimum Gasteiger partial charge on any atom is -0.388 e. The van der Waals surface area contributed by atoms with E-state index in [9.17, 15) is 19.8 Å². The number of carbonyl (C=O) groups excluding carboxylic acids is 2. The lowest BCUT2D eigenvalue weighted by Gasteiger charge is -2.56. The van der Waals surface area contributed by atoms with Crippen LogP contribution in [-0.4, -0.2) is 50.2 Å². The lowest BCUT2D eigenvalue weighted by atomic mass is 9.68. The van der Waals surface area contributed by atoms with Crippen molar-refractivity contribution in [3.05, 3.63) is 71.8 Å². The van der Waals surface area contributed by atoms with Crippen LogP contribution >= 0.6 is 0 Å². The number of hydrogen-bond acceptors (Lipinski definition) is 4. The van der Waals surface area contributed by atoms with Crippen molar-refractivity contribution in [2.45, 2.75) is 87.5 Å². The van der Waals surface area contributed by atoms with Gasteiger partial charge >= 0.3 is 0 Å². The summed E-state index contributed by atoms with van der Waals surface area (Å²) in [6.45, 7) is 0. The highest BCUT2D eigenvalue weighted by molar-refractivity contribution is 6.07. The highest BCUT2D eigenvalue weighted by Crippen LogP contribution is 2.51. The fourth-order valence-electron chi connectivity index (χ4n) is 5.95. The van der Waals surface area contributed by atoms with Crippen molar-refractivity contribution < 1.29 is 19.8 Å². The smallest absolute Gasteiger partial charge is 0.238 e. The topological polar surface area (TPSA) is 104 Å². The van der Waals surface area contributed by atoms with Gasteiger partial charge in [-0.2, -0.15) is 0 Å². The average molecular weight is 477 g/mol. The summed E-state index contributed by atoms with van der Waals surface area (Å²) >= 11 is 0. The first kappa shape index (κ1) is 24.0. The van der Waals surface area contributed by atoms with Crippen LogP contribution in [0.1, 0.15) is 62.5 Å². The Hall–Kier alpha value is -2.70. The molecule has 0 radical (unpaired) electrons. The van der Waals surface area contributed by atoms with Gasteiger partial charge in [-0.25, -0.2) is 0 Å². The Labute approximate surface area is 207 Å². The molecule has 186 valence electrons. The van der Waals surface area contributed by atoms with E-state index in [-0.39, 0.29) is 5.91 Å². The van der Waals surface area contributed by atoms with Crippen molar-refractivity contribution in [3.63, 3.8) is 0 Å². The van der Waals surface area contributed by atoms with Gasteiger partial charge in [0.15, 0.2) is 0 Å². The first-order valence-corrected chi connectivity index (χ1v) is 12.9. The second-order valence-electron chi connectivity index (χ2n) is 11.0. The summed E-state index contributed by atoms with van der Waals surface area (Å²) in [5, 5.41) is 23.5. The van der Waals surface area contributed by atoms with Gasteiger partial charge in [-0.3, -0.25) is 9.59 Å². The van der Waals surface area contributed by atoms with Crippen LogP contribution in [0.3, 0.4) is 0 Å². The van der Waals surface area contributed by atoms with Gasteiger partial charge < -0.3 is 20.8 Å². The van der Waals surface area contributed by atoms with Crippen LogP contribution < -0.4 is 5.73 Å². The highest BCUT2D eigenvalue weighted by atomic mass is 16.3. The number of benzene rings is 2. The maximum atomic E-state index is 14.3. The van der Waals surface area contributed by atoms with Gasteiger partial charge in [-0.1, -0.05) is 60.7 Å². The van der Waals surface area contributed by atoms with Crippen LogP contribution in [0.15, 0.2) is 60.7 Å². The summed E-state index contributed by atoms with van der Waals surface area (Å²) in [4.78, 5) is 28.5. The molecule has 6 heteroatoms. The largest absolute Gasteiger partial charge is 0.388 e. The molecule has 6 nitrogen and oxygen atoms in total. The van der Waals surface area contributed by atoms with Crippen LogP contribution in [0.25, 0.3) is 0 Å². The Morgan fingerprint density at radius 3 is 1.43 bits per heavy atom. The molecule has 3 aliphatic rings. The predicted molar refractivity (Wildman–Crippen MR) is 133 cm³/mol. The highest BCUT2D eigenvalue weighted by Gasteiger charge is 2.62. The molecule has 0 heterocycles. The van der Waals surface area contributed by atoms with Gasteiger partial charge in [0.25, 0.3) is 0 Å². The molecule has 0 aromatic heterocycles. The third-order valence-corrected chi connectivity index (χ3v) is 8.76. The minimum absolute atomic E-state index is 0.326. The Bertz CT molecular complexity index is 993. The third kappa shape index (κ3) is 4.38. The van der Waals surface area contributed by atoms with Crippen LogP contribution in [0.2, 0.25) is 0 Å². The van der Waals surface area contributed by atoms with Gasteiger partial charge in [0.2, 0.25) is 11.8 Å². The van der Waals surface area contributed by atoms with E-state index in [0.29, 0.717) is 51.4 Å². The number of aliphatic hydroxyl groups is 2. The molecule has 0 saturated heterocycles. The molecule has 0 aliphatic heterocycles. The van der Waals surface area contributed by atoms with E-state index in [0.717, 1.165) is 24.0 Å². The van der Waals surface area contributed by atoms with Gasteiger partial charge in [0.1, 0.15) is 5.41 Å². The normalized spacial score (nSPS) is 22.7. The summed E-state index contributed by atoms with van der Waals surface area (Å²) in [5.41, 5.74) is 4.45. The molecule has 5 rings (SSSR count). The molecule has 0 spiro atoms. The number of rotatable bonds is 10. The van der Waals surface area contributed by atoms with Crippen LogP contribution in [0, 0.1) is 5.41 Å². The SMILES string of the molecule is NC(=O)C1(C(=O)N(C(Cc2ccccc2)C2(O)CCC2)C(Cc2ccccc2)C2(O)CCC2)CC1. The van der Waals surface area contributed by atoms with Crippen molar-refractivity contribution in [3.8, 4) is 0 Å². The molecule has 2 amide bonds. The number of carbonyl (C=O) groups is 2. The second kappa shape index (κ2) is 9.07. The Morgan fingerprint density at radius 1 is 0.743 bits per heavy atom. The Morgan fingerprint density at radius 2 is 1.14 bits per heavy atom. The standard InChI is InChI=1S/C29H36N2O4/c30-25(32)27(17-18-27)26(33)31(23(28(34)13-7-14-28)19-21-9-3-1-4-10-21)24(29(35)15-8-16-29)20-22-11-5-2-6-12-22/h1-6,9-12,23-24,34-35H,7-8,13-20H2,(H2,30,32). The van der Waals surface area contributed by atoms with Crippen molar-refractivity contribution in [1.82, 2.24) is 4.90 Å². The van der Waals surface area contributed by atoms with Gasteiger partial charge in [-0.15, -0.1) is 0 Å². The number of nitrogens with zero attached hydrogens (tertiary/aromatic N) is 1. The van der Waals surface area contributed by atoms with E-state index < -0.39 is 34.6 Å². The second-order valence-corrected chi connectivity index (χ2v) is 11.0. The first-order valence-electron chi connectivity index (χ1n) is 12.9. The fourth-order valence-corrected chi connectivity index (χ4v) is 5.95. The summed E-state index contributed by atoms with van der Waals surface area (Å²) in [6.07, 6.45) is 5.90. The molecular formula is C29H36N2O4. The molecule has 2 atom stereocenters. The monoisotopic (exact) mass is 476 g/mol. The van der Waals surface area contributed by atoms with Crippen molar-refractivity contribution in [2.75, 3.05) is 0 Å². The first-order chi connectivity index (χ1) is 16.8. The number of primary amides is 1. The van der Waals surface area contributed by atoms with Crippen LogP contribution in [0.4, 0.5) is 0 Å². The molecule has 2 aromatic rings. The summed E-state index contributed by atoms with van der Waals surface area (Å²) in [7, 11) is 0. The molecule has 3 saturated carbocycles. The molecule has 4 N–H and O–H groups in total. The zero-order chi connectivity index (χ0) is 24.7. The van der Waals surface area contributed by atoms with Crippen LogP contribution in [-0.2, 0) is 22.4 Å². The molecule has 3 aliphatic carbocycles. The molecule has 2 aromatic carbocycles. The quantitative estimate of drug-likeness (QED) is 0.458. The molecule has 2 unspecified atom stereocenters. The van der Waals surface area contributed by atoms with Gasteiger partial charge in [0.05, 0.1) is 23.3 Å². The minimum atomic E-state index is -1.23. The van der Waals surface area contributed by atoms with Gasteiger partial charge in [-0.05, 0) is 75.3 Å². The van der Waals surface area contributed by atoms with Crippen molar-refractivity contribution in [2.24, 2.45) is 11.1 Å². The van der Waals surface area contributed by atoms with Crippen molar-refractivity contribution in [1.29, 1.82) is 0 Å². The number of nitrogens with two attached hydrogens (primary N) is 1. The summed E-state index contributed by atoms with van der Waals surface area (Å²) < 4.78 is 0. The van der Waals surface area contributed by atoms with Crippen molar-refractivity contribution >= 4 is 11.8 Å². The van der Waals surface area contributed by atoms with Gasteiger partial charge in [0, 0.05) is 0 Å². The molecule has 3 fully saturated rings. The lowest BCUT2D eigenvalue weighted by molar-refractivity contribution is -0.181. The molecular weight excluding hydrogens is 440 g/mol. The summed E-state index contributed by atoms with van der Waals surface area (Å²) in [6, 6.07) is 18.6. The average Bonchev–Trinajstić information content (AvgIpc) is 3.63. The molecule has 35 heavy (non-hydrogen) atoms. The Kier molecular flexibility index (Phi) is 6.22. The maximum absolute atomic E-state index is 14.3. The fraction of sp³-hybridized carbons (Fsp3) is 0.517. The van der Waals surface area contributed by atoms with Crippen LogP contribution in [0.5, 0.6) is 0 Å². The predicted octanol–water partition coefficient (Wildman–Crippen LogP) is 3.13. The van der Waals surface area contributed by atoms with E-state index in [1.807, 2.05) is 60.7 Å².